The van der Waals surface area contributed by atoms with Gasteiger partial charge in [-0.05, 0) is 42.0 Å². The first-order valence-corrected chi connectivity index (χ1v) is 18.3. The molecule has 2 heterocycles. The van der Waals surface area contributed by atoms with Crippen LogP contribution in [0.4, 0.5) is 0 Å². The van der Waals surface area contributed by atoms with Crippen LogP contribution in [0.5, 0.6) is 0 Å². The summed E-state index contributed by atoms with van der Waals surface area (Å²) in [6.45, 7) is 9.95. The van der Waals surface area contributed by atoms with Gasteiger partial charge in [0.25, 0.3) is 6.47 Å². The van der Waals surface area contributed by atoms with E-state index in [9.17, 15) is 39.0 Å². The van der Waals surface area contributed by atoms with Gasteiger partial charge >= 0.3 is 29.8 Å². The molecule has 1 aromatic heterocycles. The van der Waals surface area contributed by atoms with Crippen molar-refractivity contribution in [3.8, 4) is 0 Å². The van der Waals surface area contributed by atoms with Crippen molar-refractivity contribution in [2.75, 3.05) is 27.4 Å². The van der Waals surface area contributed by atoms with Crippen LogP contribution in [0.3, 0.4) is 0 Å². The Kier molecular flexibility index (Phi) is 13.6. The van der Waals surface area contributed by atoms with Crippen molar-refractivity contribution >= 4 is 36.3 Å². The first-order chi connectivity index (χ1) is 25.8. The Hall–Kier alpha value is -4.28. The maximum absolute atomic E-state index is 14.0. The molecule has 16 heteroatoms. The van der Waals surface area contributed by atoms with Crippen LogP contribution < -0.4 is 0 Å². The van der Waals surface area contributed by atoms with Gasteiger partial charge in [0, 0.05) is 49.5 Å². The van der Waals surface area contributed by atoms with Gasteiger partial charge in [0.2, 0.25) is 0 Å². The summed E-state index contributed by atoms with van der Waals surface area (Å²) in [5.41, 5.74) is -3.59. The zero-order chi connectivity index (χ0) is 41.0. The van der Waals surface area contributed by atoms with E-state index in [1.54, 1.807) is 33.8 Å². The molecule has 2 N–H and O–H groups in total. The van der Waals surface area contributed by atoms with Crippen LogP contribution in [0.1, 0.15) is 85.6 Å². The number of fused-ring (bicyclic) bond motifs is 1. The fourth-order valence-electron chi connectivity index (χ4n) is 9.46. The van der Waals surface area contributed by atoms with Crippen molar-refractivity contribution < 1.29 is 76.6 Å². The molecule has 3 aliphatic rings. The van der Waals surface area contributed by atoms with E-state index < -0.39 is 120 Å². The molecule has 2 fully saturated rings. The van der Waals surface area contributed by atoms with Gasteiger partial charge in [0.15, 0.2) is 6.10 Å². The van der Waals surface area contributed by atoms with Gasteiger partial charge in [0.1, 0.15) is 30.5 Å². The second-order valence-corrected chi connectivity index (χ2v) is 15.4. The van der Waals surface area contributed by atoms with Crippen LogP contribution in [-0.4, -0.2) is 110 Å². The fourth-order valence-corrected chi connectivity index (χ4v) is 9.46. The van der Waals surface area contributed by atoms with Crippen LogP contribution >= 0.6 is 0 Å². The molecule has 306 valence electrons. The highest BCUT2D eigenvalue weighted by atomic mass is 16.6. The summed E-state index contributed by atoms with van der Waals surface area (Å²) in [5, 5.41) is 23.2. The number of esters is 5. The highest BCUT2D eigenvalue weighted by Crippen LogP contribution is 2.66. The summed E-state index contributed by atoms with van der Waals surface area (Å²) in [7, 11) is 2.56. The van der Waals surface area contributed by atoms with Crippen LogP contribution in [0.2, 0.25) is 0 Å². The van der Waals surface area contributed by atoms with Crippen molar-refractivity contribution in [2.24, 2.45) is 28.6 Å². The van der Waals surface area contributed by atoms with E-state index in [2.05, 4.69) is 0 Å². The zero-order valence-corrected chi connectivity index (χ0v) is 32.9. The minimum absolute atomic E-state index is 0.0858. The Labute approximate surface area is 320 Å². The summed E-state index contributed by atoms with van der Waals surface area (Å²) in [6.07, 6.45) is -4.86. The molecular weight excluding hydrogens is 724 g/mol. The number of furan rings is 1. The largest absolute Gasteiger partial charge is 0.472 e. The van der Waals surface area contributed by atoms with Gasteiger partial charge < -0.3 is 47.8 Å². The van der Waals surface area contributed by atoms with Crippen LogP contribution in [0, 0.1) is 28.6 Å². The number of carbonyl (C=O) groups is 6. The Morgan fingerprint density at radius 1 is 1.09 bits per heavy atom. The average Bonchev–Trinajstić information content (AvgIpc) is 3.74. The summed E-state index contributed by atoms with van der Waals surface area (Å²) in [5.74, 6) is -7.89. The van der Waals surface area contributed by atoms with E-state index in [0.29, 0.717) is 23.1 Å². The van der Waals surface area contributed by atoms with E-state index >= 15 is 0 Å². The van der Waals surface area contributed by atoms with Gasteiger partial charge in [-0.15, -0.1) is 0 Å². The molecule has 0 spiro atoms. The van der Waals surface area contributed by atoms with Crippen LogP contribution in [-0.2, 0) is 61.9 Å². The lowest BCUT2D eigenvalue weighted by molar-refractivity contribution is -0.212. The Balaban J connectivity index is 2.18. The number of hydrogen-bond acceptors (Lipinski definition) is 16. The predicted octanol–water partition coefficient (Wildman–Crippen LogP) is 2.95. The quantitative estimate of drug-likeness (QED) is 0.113. The van der Waals surface area contributed by atoms with E-state index in [0.717, 1.165) is 21.0 Å². The summed E-state index contributed by atoms with van der Waals surface area (Å²) in [4.78, 5) is 78.9. The molecule has 16 nitrogen and oxygen atoms in total. The molecule has 0 aromatic carbocycles. The van der Waals surface area contributed by atoms with Crippen molar-refractivity contribution in [3.63, 3.8) is 0 Å². The fraction of sp³-hybridized carbons (Fsp3) is 0.692. The topological polar surface area (TPSA) is 221 Å². The molecule has 2 aliphatic carbocycles. The maximum atomic E-state index is 14.0. The lowest BCUT2D eigenvalue weighted by Gasteiger charge is -2.58. The second kappa shape index (κ2) is 17.2. The van der Waals surface area contributed by atoms with E-state index in [-0.39, 0.29) is 19.5 Å². The molecule has 1 saturated heterocycles. The summed E-state index contributed by atoms with van der Waals surface area (Å²) < 4.78 is 46.0. The van der Waals surface area contributed by atoms with Gasteiger partial charge in [-0.2, -0.15) is 0 Å². The number of ether oxygens (including phenoxy) is 7. The third kappa shape index (κ3) is 8.17. The minimum Gasteiger partial charge on any atom is -0.472 e. The number of aliphatic hydroxyl groups is 2. The number of cyclic esters (lactones) is 1. The lowest BCUT2D eigenvalue weighted by Crippen LogP contribution is -2.65. The SMILES string of the molecule is CC[C@@H](C)[C@@H](O)C(=O)O[C@H]1[C@H](OC=O)[C@H]([C@@]2(C)[C@@H](OC(C)=O)CC(=O)O[C@](C)(COC(C)=O)[C@@H]2CC(=O)OC)C(COC)=C2[C@H](O)C[C@@H](c3ccoc3)[C@@]21C. The second-order valence-electron chi connectivity index (χ2n) is 15.4. The van der Waals surface area contributed by atoms with Gasteiger partial charge in [-0.25, -0.2) is 4.79 Å². The third-order valence-corrected chi connectivity index (χ3v) is 12.2. The van der Waals surface area contributed by atoms with E-state index in [1.807, 2.05) is 0 Å². The smallest absolute Gasteiger partial charge is 0.335 e. The monoisotopic (exact) mass is 778 g/mol. The van der Waals surface area contributed by atoms with Crippen molar-refractivity contribution in [3.05, 3.63) is 35.3 Å². The van der Waals surface area contributed by atoms with E-state index in [1.165, 1.54) is 26.6 Å². The Bertz CT molecular complexity index is 1620. The van der Waals surface area contributed by atoms with Crippen LogP contribution in [0.15, 0.2) is 34.2 Å². The number of carbonyl (C=O) groups excluding carboxylic acids is 6. The maximum Gasteiger partial charge on any atom is 0.335 e. The van der Waals surface area contributed by atoms with E-state index in [4.69, 9.17) is 37.6 Å². The molecule has 0 bridgehead atoms. The molecule has 1 saturated carbocycles. The van der Waals surface area contributed by atoms with Crippen LogP contribution in [0.25, 0.3) is 0 Å². The number of methoxy groups -OCH3 is 2. The minimum atomic E-state index is -1.82. The normalized spacial score (nSPS) is 34.3. The molecule has 0 radical (unpaired) electrons. The molecule has 12 atom stereocenters. The lowest BCUT2D eigenvalue weighted by atomic mass is 9.50. The third-order valence-electron chi connectivity index (χ3n) is 12.2. The molecule has 1 aromatic rings. The molecule has 55 heavy (non-hydrogen) atoms. The molecular formula is C39H54O16. The van der Waals surface area contributed by atoms with Gasteiger partial charge in [-0.1, -0.05) is 34.1 Å². The zero-order valence-electron chi connectivity index (χ0n) is 32.9. The number of aliphatic hydroxyl groups excluding tert-OH is 2. The molecule has 0 unspecified atom stereocenters. The highest BCUT2D eigenvalue weighted by Gasteiger charge is 2.70. The number of hydrogen-bond donors (Lipinski definition) is 2. The van der Waals surface area contributed by atoms with Gasteiger partial charge in [-0.3, -0.25) is 24.0 Å². The predicted molar refractivity (Wildman–Crippen MR) is 188 cm³/mol. The van der Waals surface area contributed by atoms with Crippen molar-refractivity contribution in [1.82, 2.24) is 0 Å². The first kappa shape index (κ1) is 43.4. The Morgan fingerprint density at radius 2 is 1.78 bits per heavy atom. The van der Waals surface area contributed by atoms with Crippen molar-refractivity contribution in [2.45, 2.75) is 116 Å². The first-order valence-electron chi connectivity index (χ1n) is 18.3. The molecule has 4 rings (SSSR count). The summed E-state index contributed by atoms with van der Waals surface area (Å²) >= 11 is 0. The van der Waals surface area contributed by atoms with Gasteiger partial charge in [0.05, 0.1) is 45.2 Å². The summed E-state index contributed by atoms with van der Waals surface area (Å²) in [6, 6.07) is 1.70. The average molecular weight is 779 g/mol. The number of rotatable bonds is 15. The molecule has 0 amide bonds. The van der Waals surface area contributed by atoms with Crippen molar-refractivity contribution in [1.29, 1.82) is 0 Å². The molecule has 1 aliphatic heterocycles. The Morgan fingerprint density at radius 3 is 2.33 bits per heavy atom. The standard InChI is InChI=1S/C39H54O16/c1-10-20(2)33(46)36(47)54-35-34(52-19-40)32(24(17-48-8)31-26(43)13-25(38(31,35)6)23-11-12-50-16-23)39(7)27(14-29(44)49-9)37(5,18-51-21(3)41)55-30(45)15-28(39)53-22(4)42/h11-12,16,19-20,25-28,32-35,43,46H,10,13-15,17-18H2,1-9H3/t20-,25+,26-,27+,28+,32-,33-,34-,35+,37-,38+,39-/m1/s1. The highest BCUT2D eigenvalue weighted by molar-refractivity contribution is 5.76.